The van der Waals surface area contributed by atoms with E-state index in [0.717, 1.165) is 43.4 Å². The maximum atomic E-state index is 12.9. The van der Waals surface area contributed by atoms with E-state index in [1.165, 1.54) is 25.7 Å². The Bertz CT molecular complexity index is 691. The van der Waals surface area contributed by atoms with E-state index in [0.29, 0.717) is 24.2 Å². The monoisotopic (exact) mass is 418 g/mol. The van der Waals surface area contributed by atoms with Gasteiger partial charge in [0.15, 0.2) is 0 Å². The van der Waals surface area contributed by atoms with Gasteiger partial charge in [0.2, 0.25) is 5.91 Å². The van der Waals surface area contributed by atoms with Crippen molar-refractivity contribution in [2.45, 2.75) is 93.7 Å². The molecule has 4 N–H and O–H groups in total. The minimum atomic E-state index is -0.165. The van der Waals surface area contributed by atoms with Crippen LogP contribution in [0, 0.1) is 17.2 Å². The van der Waals surface area contributed by atoms with Gasteiger partial charge in [0.05, 0.1) is 23.5 Å². The fourth-order valence-corrected chi connectivity index (χ4v) is 6.57. The molecule has 2 heterocycles. The van der Waals surface area contributed by atoms with E-state index in [2.05, 4.69) is 39.5 Å². The number of fused-ring (bicyclic) bond motifs is 3. The molecule has 2 aliphatic heterocycles. The van der Waals surface area contributed by atoms with Crippen molar-refractivity contribution in [3.8, 4) is 6.07 Å². The van der Waals surface area contributed by atoms with Gasteiger partial charge >= 0.3 is 0 Å². The number of thioether (sulfide) groups is 1. The minimum Gasteiger partial charge on any atom is -0.328 e. The number of nitrogens with one attached hydrogen (secondary N) is 4. The number of carbonyl (C=O) groups excluding carboxylic acids is 1. The van der Waals surface area contributed by atoms with Gasteiger partial charge in [0, 0.05) is 17.3 Å². The zero-order chi connectivity index (χ0) is 20.4. The van der Waals surface area contributed by atoms with Crippen LogP contribution in [0.25, 0.3) is 0 Å². The van der Waals surface area contributed by atoms with Crippen LogP contribution >= 0.6 is 11.8 Å². The maximum Gasteiger partial charge on any atom is 0.237 e. The van der Waals surface area contributed by atoms with E-state index in [9.17, 15) is 10.1 Å². The lowest BCUT2D eigenvalue weighted by Crippen LogP contribution is -2.68. The molecular weight excluding hydrogens is 384 g/mol. The second kappa shape index (κ2) is 9.36. The van der Waals surface area contributed by atoms with Crippen molar-refractivity contribution in [3.05, 3.63) is 11.3 Å². The first-order valence-electron chi connectivity index (χ1n) is 11.2. The molecule has 0 bridgehead atoms. The Labute approximate surface area is 178 Å². The number of amides is 1. The smallest absolute Gasteiger partial charge is 0.237 e. The van der Waals surface area contributed by atoms with Gasteiger partial charge in [-0.3, -0.25) is 15.0 Å². The number of nitrogens with zero attached hydrogens (tertiary/aromatic N) is 2. The number of likely N-dealkylation sites (N-methyl/N-ethyl adjacent to an activating group) is 1. The zero-order valence-electron chi connectivity index (χ0n) is 17.5. The molecule has 7 nitrogen and oxygen atoms in total. The fourth-order valence-electron chi connectivity index (χ4n) is 5.51. The number of hydrogen-bond donors (Lipinski definition) is 4. The number of carbonyl (C=O) groups is 1. The van der Waals surface area contributed by atoms with Gasteiger partial charge in [0.25, 0.3) is 0 Å². The SMILES string of the molecule is CCC(SC1NNC2C3CCCCC3N(C)C2N1)C(=O)NC1=C(C#N)CCCC1. The van der Waals surface area contributed by atoms with E-state index >= 15 is 0 Å². The topological polar surface area (TPSA) is 92.2 Å². The fraction of sp³-hybridized carbons (Fsp3) is 0.810. The summed E-state index contributed by atoms with van der Waals surface area (Å²) in [5, 5.41) is 16.0. The number of hydrogen-bond acceptors (Lipinski definition) is 7. The van der Waals surface area contributed by atoms with Crippen molar-refractivity contribution < 1.29 is 4.79 Å². The minimum absolute atomic E-state index is 0.0151. The highest BCUT2D eigenvalue weighted by Crippen LogP contribution is 2.39. The second-order valence-electron chi connectivity index (χ2n) is 8.79. The maximum absolute atomic E-state index is 12.9. The van der Waals surface area contributed by atoms with Crippen LogP contribution in [0.5, 0.6) is 0 Å². The van der Waals surface area contributed by atoms with Crippen LogP contribution in [0.4, 0.5) is 0 Å². The molecule has 0 spiro atoms. The van der Waals surface area contributed by atoms with Crippen LogP contribution in [0.15, 0.2) is 11.3 Å². The molecule has 2 aliphatic carbocycles. The number of allylic oxidation sites excluding steroid dienone is 2. The Morgan fingerprint density at radius 2 is 2.07 bits per heavy atom. The normalized spacial score (nSPS) is 36.1. The molecule has 3 fully saturated rings. The quantitative estimate of drug-likeness (QED) is 0.544. The molecule has 0 radical (unpaired) electrons. The van der Waals surface area contributed by atoms with Crippen LogP contribution in [-0.4, -0.2) is 46.9 Å². The second-order valence-corrected chi connectivity index (χ2v) is 10.1. The summed E-state index contributed by atoms with van der Waals surface area (Å²) >= 11 is 1.63. The Balaban J connectivity index is 1.36. The molecule has 2 saturated heterocycles. The van der Waals surface area contributed by atoms with Crippen LogP contribution in [-0.2, 0) is 4.79 Å². The first-order valence-corrected chi connectivity index (χ1v) is 12.1. The molecule has 4 aliphatic rings. The number of hydrazine groups is 1. The van der Waals surface area contributed by atoms with Crippen LogP contribution in [0.3, 0.4) is 0 Å². The molecular formula is C21H34N6OS. The summed E-state index contributed by atoms with van der Waals surface area (Å²) in [5.74, 6) is 0.707. The molecule has 6 atom stereocenters. The Morgan fingerprint density at radius 1 is 1.28 bits per heavy atom. The number of nitriles is 1. The summed E-state index contributed by atoms with van der Waals surface area (Å²) in [5.41, 5.74) is 8.55. The van der Waals surface area contributed by atoms with Gasteiger partial charge in [-0.05, 0) is 57.9 Å². The first kappa shape index (κ1) is 21.1. The summed E-state index contributed by atoms with van der Waals surface area (Å²) < 4.78 is 0. The lowest BCUT2D eigenvalue weighted by molar-refractivity contribution is -0.120. The molecule has 1 amide bonds. The summed E-state index contributed by atoms with van der Waals surface area (Å²) in [6, 6.07) is 3.34. The van der Waals surface area contributed by atoms with Gasteiger partial charge in [0.1, 0.15) is 5.50 Å². The predicted molar refractivity (Wildman–Crippen MR) is 115 cm³/mol. The lowest BCUT2D eigenvalue weighted by atomic mass is 9.82. The average molecular weight is 419 g/mol. The Morgan fingerprint density at radius 3 is 2.86 bits per heavy atom. The number of likely N-dealkylation sites (tertiary alicyclic amines) is 1. The molecule has 29 heavy (non-hydrogen) atoms. The average Bonchev–Trinajstić information content (AvgIpc) is 3.04. The van der Waals surface area contributed by atoms with E-state index in [-0.39, 0.29) is 16.7 Å². The Hall–Kier alpha value is -1.11. The first-order chi connectivity index (χ1) is 14.1. The van der Waals surface area contributed by atoms with Crippen molar-refractivity contribution >= 4 is 17.7 Å². The highest BCUT2D eigenvalue weighted by Gasteiger charge is 2.50. The van der Waals surface area contributed by atoms with Gasteiger partial charge in [-0.25, -0.2) is 10.9 Å². The summed E-state index contributed by atoms with van der Waals surface area (Å²) in [4.78, 5) is 15.4. The van der Waals surface area contributed by atoms with Gasteiger partial charge in [-0.1, -0.05) is 19.8 Å². The van der Waals surface area contributed by atoms with Crippen molar-refractivity contribution in [2.24, 2.45) is 5.92 Å². The van der Waals surface area contributed by atoms with Crippen LogP contribution < -0.4 is 21.5 Å². The third kappa shape index (κ3) is 4.35. The van der Waals surface area contributed by atoms with Crippen molar-refractivity contribution in [1.82, 2.24) is 26.4 Å². The van der Waals surface area contributed by atoms with E-state index < -0.39 is 0 Å². The standard InChI is InChI=1S/C21H34N6OS/c1-3-17(20(28)23-15-10-6-4-8-13(15)12-22)29-21-24-19-18(25-26-21)14-9-5-7-11-16(14)27(19)2/h14,16-19,21,24-26H,3-11H2,1-2H3,(H,23,28). The lowest BCUT2D eigenvalue weighted by Gasteiger charge is -2.39. The highest BCUT2D eigenvalue weighted by atomic mass is 32.2. The van der Waals surface area contributed by atoms with Gasteiger partial charge in [-0.2, -0.15) is 5.26 Å². The van der Waals surface area contributed by atoms with E-state index in [4.69, 9.17) is 0 Å². The molecule has 160 valence electrons. The van der Waals surface area contributed by atoms with Crippen molar-refractivity contribution in [1.29, 1.82) is 5.26 Å². The highest BCUT2D eigenvalue weighted by molar-refractivity contribution is 8.01. The Kier molecular flexibility index (Phi) is 6.82. The van der Waals surface area contributed by atoms with Gasteiger partial charge < -0.3 is 5.32 Å². The predicted octanol–water partition coefficient (Wildman–Crippen LogP) is 2.15. The van der Waals surface area contributed by atoms with Crippen LogP contribution in [0.1, 0.15) is 64.7 Å². The molecule has 0 aromatic rings. The van der Waals surface area contributed by atoms with E-state index in [1.54, 1.807) is 11.8 Å². The molecule has 0 aromatic carbocycles. The zero-order valence-corrected chi connectivity index (χ0v) is 18.4. The largest absolute Gasteiger partial charge is 0.328 e. The van der Waals surface area contributed by atoms with Crippen molar-refractivity contribution in [2.75, 3.05) is 7.05 Å². The summed E-state index contributed by atoms with van der Waals surface area (Å²) in [6.07, 6.45) is 9.94. The number of rotatable bonds is 5. The summed E-state index contributed by atoms with van der Waals surface area (Å²) in [6.45, 7) is 2.05. The van der Waals surface area contributed by atoms with Crippen LogP contribution in [0.2, 0.25) is 0 Å². The summed E-state index contributed by atoms with van der Waals surface area (Å²) in [7, 11) is 2.23. The van der Waals surface area contributed by atoms with Crippen molar-refractivity contribution in [3.63, 3.8) is 0 Å². The molecule has 8 heteroatoms. The molecule has 6 unspecified atom stereocenters. The van der Waals surface area contributed by atoms with Gasteiger partial charge in [-0.15, -0.1) is 11.8 Å². The third-order valence-corrected chi connectivity index (χ3v) is 8.49. The molecule has 1 saturated carbocycles. The van der Waals surface area contributed by atoms with E-state index in [1.807, 2.05) is 6.92 Å². The molecule has 4 rings (SSSR count). The molecule has 0 aromatic heterocycles. The third-order valence-electron chi connectivity index (χ3n) is 7.09.